The summed E-state index contributed by atoms with van der Waals surface area (Å²) in [6.07, 6.45) is 0. The Hall–Kier alpha value is -2.27. The van der Waals surface area contributed by atoms with Crippen molar-refractivity contribution in [2.24, 2.45) is 0 Å². The third-order valence-corrected chi connectivity index (χ3v) is 4.33. The Kier molecular flexibility index (Phi) is 3.90. The van der Waals surface area contributed by atoms with Crippen LogP contribution in [-0.2, 0) is 0 Å². The molecule has 0 unspecified atom stereocenters. The fraction of sp³-hybridized carbons (Fsp3) is 0.167. The second kappa shape index (κ2) is 5.74. The van der Waals surface area contributed by atoms with Gasteiger partial charge in [-0.3, -0.25) is 4.79 Å². The summed E-state index contributed by atoms with van der Waals surface area (Å²) in [7, 11) is 0. The van der Waals surface area contributed by atoms with Crippen LogP contribution < -0.4 is 5.43 Å². The fourth-order valence-electron chi connectivity index (χ4n) is 2.58. The number of fused-ring (bicyclic) bond motifs is 1. The molecule has 0 aliphatic heterocycles. The van der Waals surface area contributed by atoms with Gasteiger partial charge in [0.25, 0.3) is 0 Å². The molecule has 0 saturated carbocycles. The van der Waals surface area contributed by atoms with Crippen molar-refractivity contribution in [3.8, 4) is 22.8 Å². The molecule has 0 radical (unpaired) electrons. The molecule has 0 fully saturated rings. The van der Waals surface area contributed by atoms with E-state index in [1.165, 1.54) is 12.1 Å². The molecule has 5 heteroatoms. The van der Waals surface area contributed by atoms with Gasteiger partial charge in [0, 0.05) is 11.1 Å². The Morgan fingerprint density at radius 3 is 2.48 bits per heavy atom. The van der Waals surface area contributed by atoms with Crippen LogP contribution in [0, 0.1) is 0 Å². The summed E-state index contributed by atoms with van der Waals surface area (Å²) >= 11 is 3.28. The summed E-state index contributed by atoms with van der Waals surface area (Å²) < 4.78 is 6.48. The maximum Gasteiger partial charge on any atom is 0.196 e. The van der Waals surface area contributed by atoms with Crippen LogP contribution in [0.15, 0.2) is 50.1 Å². The first-order valence-corrected chi connectivity index (χ1v) is 7.96. The van der Waals surface area contributed by atoms with Gasteiger partial charge in [-0.05, 0) is 58.2 Å². The zero-order valence-corrected chi connectivity index (χ0v) is 14.2. The van der Waals surface area contributed by atoms with Gasteiger partial charge in [0.05, 0.1) is 9.86 Å². The lowest BCUT2D eigenvalue weighted by molar-refractivity contribution is 0.471. The lowest BCUT2D eigenvalue weighted by Gasteiger charge is -2.13. The van der Waals surface area contributed by atoms with Gasteiger partial charge < -0.3 is 14.6 Å². The fourth-order valence-corrected chi connectivity index (χ4v) is 2.96. The summed E-state index contributed by atoms with van der Waals surface area (Å²) in [5.74, 6) is 0.567. The Labute approximate surface area is 141 Å². The van der Waals surface area contributed by atoms with Crippen LogP contribution in [0.3, 0.4) is 0 Å². The van der Waals surface area contributed by atoms with Crippen molar-refractivity contribution in [2.75, 3.05) is 0 Å². The molecule has 3 rings (SSSR count). The summed E-state index contributed by atoms with van der Waals surface area (Å²) in [6, 6.07) is 9.45. The summed E-state index contributed by atoms with van der Waals surface area (Å²) in [5.41, 5.74) is 1.50. The van der Waals surface area contributed by atoms with Crippen molar-refractivity contribution in [2.45, 2.75) is 19.8 Å². The molecular weight excluding hydrogens is 360 g/mol. The van der Waals surface area contributed by atoms with E-state index < -0.39 is 0 Å². The molecule has 4 nitrogen and oxygen atoms in total. The Morgan fingerprint density at radius 1 is 1.09 bits per heavy atom. The number of halogens is 1. The van der Waals surface area contributed by atoms with Crippen LogP contribution in [0.4, 0.5) is 0 Å². The van der Waals surface area contributed by atoms with E-state index in [2.05, 4.69) is 15.9 Å². The molecule has 1 aromatic heterocycles. The van der Waals surface area contributed by atoms with Gasteiger partial charge in [-0.15, -0.1) is 0 Å². The highest BCUT2D eigenvalue weighted by molar-refractivity contribution is 9.10. The predicted octanol–water partition coefficient (Wildman–Crippen LogP) is 4.76. The SMILES string of the molecule is CC(C)c1c(-c2ccc(O)c(Br)c2)oc2ccc(O)cc2c1=O. The highest BCUT2D eigenvalue weighted by Crippen LogP contribution is 2.34. The molecule has 23 heavy (non-hydrogen) atoms. The van der Waals surface area contributed by atoms with Crippen LogP contribution in [-0.4, -0.2) is 10.2 Å². The number of aromatic hydroxyl groups is 2. The van der Waals surface area contributed by atoms with E-state index >= 15 is 0 Å². The summed E-state index contributed by atoms with van der Waals surface area (Å²) in [4.78, 5) is 12.8. The van der Waals surface area contributed by atoms with E-state index in [-0.39, 0.29) is 22.8 Å². The highest BCUT2D eigenvalue weighted by Gasteiger charge is 2.19. The zero-order chi connectivity index (χ0) is 16.7. The van der Waals surface area contributed by atoms with Gasteiger partial charge >= 0.3 is 0 Å². The molecule has 0 aliphatic carbocycles. The molecule has 118 valence electrons. The molecule has 0 spiro atoms. The first-order chi connectivity index (χ1) is 10.9. The van der Waals surface area contributed by atoms with Gasteiger partial charge in [0.1, 0.15) is 22.8 Å². The van der Waals surface area contributed by atoms with Gasteiger partial charge in [-0.25, -0.2) is 0 Å². The molecule has 2 N–H and O–H groups in total. The quantitative estimate of drug-likeness (QED) is 0.678. The lowest BCUT2D eigenvalue weighted by atomic mass is 9.96. The third-order valence-electron chi connectivity index (χ3n) is 3.70. The van der Waals surface area contributed by atoms with E-state index in [1.807, 2.05) is 13.8 Å². The first kappa shape index (κ1) is 15.6. The largest absolute Gasteiger partial charge is 0.508 e. The van der Waals surface area contributed by atoms with Crippen molar-refractivity contribution in [1.29, 1.82) is 0 Å². The smallest absolute Gasteiger partial charge is 0.196 e. The maximum atomic E-state index is 12.8. The molecule has 1 heterocycles. The van der Waals surface area contributed by atoms with Crippen molar-refractivity contribution < 1.29 is 14.6 Å². The topological polar surface area (TPSA) is 70.7 Å². The average Bonchev–Trinajstić information content (AvgIpc) is 2.50. The van der Waals surface area contributed by atoms with E-state index in [0.29, 0.717) is 32.3 Å². The van der Waals surface area contributed by atoms with Gasteiger partial charge in [0.15, 0.2) is 5.43 Å². The minimum Gasteiger partial charge on any atom is -0.508 e. The van der Waals surface area contributed by atoms with Crippen LogP contribution in [0.5, 0.6) is 11.5 Å². The minimum atomic E-state index is -0.156. The monoisotopic (exact) mass is 374 g/mol. The van der Waals surface area contributed by atoms with E-state index in [4.69, 9.17) is 4.42 Å². The Morgan fingerprint density at radius 2 is 1.83 bits per heavy atom. The molecule has 0 aliphatic rings. The molecule has 2 aromatic carbocycles. The molecule has 0 bridgehead atoms. The van der Waals surface area contributed by atoms with E-state index in [1.54, 1.807) is 24.3 Å². The van der Waals surface area contributed by atoms with E-state index in [0.717, 1.165) is 0 Å². The lowest BCUT2D eigenvalue weighted by Crippen LogP contribution is -2.12. The van der Waals surface area contributed by atoms with Gasteiger partial charge in [-0.1, -0.05) is 13.8 Å². The Balaban J connectivity index is 2.39. The summed E-state index contributed by atoms with van der Waals surface area (Å²) in [6.45, 7) is 3.83. The number of phenols is 2. The highest BCUT2D eigenvalue weighted by atomic mass is 79.9. The number of benzene rings is 2. The second-order valence-electron chi connectivity index (χ2n) is 5.68. The molecule has 3 aromatic rings. The van der Waals surface area contributed by atoms with Crippen LogP contribution in [0.2, 0.25) is 0 Å². The number of rotatable bonds is 2. The minimum absolute atomic E-state index is 0.0274. The summed E-state index contributed by atoms with van der Waals surface area (Å²) in [5, 5.41) is 19.6. The molecule has 0 saturated heterocycles. The van der Waals surface area contributed by atoms with Crippen LogP contribution in [0.1, 0.15) is 25.3 Å². The predicted molar refractivity (Wildman–Crippen MR) is 93.0 cm³/mol. The molecular formula is C18H15BrO4. The second-order valence-corrected chi connectivity index (χ2v) is 6.53. The van der Waals surface area contributed by atoms with Crippen molar-refractivity contribution in [1.82, 2.24) is 0 Å². The van der Waals surface area contributed by atoms with Gasteiger partial charge in [0.2, 0.25) is 0 Å². The molecule has 0 amide bonds. The van der Waals surface area contributed by atoms with Crippen molar-refractivity contribution in [3.63, 3.8) is 0 Å². The van der Waals surface area contributed by atoms with Gasteiger partial charge in [-0.2, -0.15) is 0 Å². The number of phenolic OH excluding ortho intramolecular Hbond substituents is 2. The average molecular weight is 375 g/mol. The number of hydrogen-bond acceptors (Lipinski definition) is 4. The first-order valence-electron chi connectivity index (χ1n) is 7.17. The van der Waals surface area contributed by atoms with Crippen LogP contribution >= 0.6 is 15.9 Å². The maximum absolute atomic E-state index is 12.8. The van der Waals surface area contributed by atoms with Crippen molar-refractivity contribution in [3.05, 3.63) is 56.7 Å². The normalized spacial score (nSPS) is 11.3. The zero-order valence-electron chi connectivity index (χ0n) is 12.6. The number of hydrogen-bond donors (Lipinski definition) is 2. The van der Waals surface area contributed by atoms with Crippen molar-refractivity contribution >= 4 is 26.9 Å². The molecule has 0 atom stereocenters. The Bertz CT molecular complexity index is 957. The standard InChI is InChI=1S/C18H15BrO4/c1-9(2)16-17(22)12-8-11(20)4-6-15(12)23-18(16)10-3-5-14(21)13(19)7-10/h3-9,20-21H,1-2H3. The van der Waals surface area contributed by atoms with E-state index in [9.17, 15) is 15.0 Å². The van der Waals surface area contributed by atoms with Crippen LogP contribution in [0.25, 0.3) is 22.3 Å². The third kappa shape index (κ3) is 2.72.